The average molecular weight is 912 g/mol. The van der Waals surface area contributed by atoms with Gasteiger partial charge in [0.05, 0.1) is 13.2 Å². The molecule has 2 fully saturated rings. The molecule has 18 nitrogen and oxygen atoms in total. The molecule has 6 rings (SSSR count). The number of hydrogen-bond donors (Lipinski definition) is 1. The van der Waals surface area contributed by atoms with E-state index in [0.29, 0.717) is 17.4 Å². The van der Waals surface area contributed by atoms with Crippen LogP contribution in [0.15, 0.2) is 69.2 Å². The van der Waals surface area contributed by atoms with Crippen LogP contribution in [0.1, 0.15) is 52.6 Å². The molecule has 0 aliphatic carbocycles. The number of hydrogen-bond acceptors (Lipinski definition) is 15. The molecule has 3 aliphatic rings. The molecule has 0 bridgehead atoms. The first kappa shape index (κ1) is 46.4. The van der Waals surface area contributed by atoms with Gasteiger partial charge in [-0.2, -0.15) is 4.98 Å². The van der Waals surface area contributed by atoms with Crippen molar-refractivity contribution < 1.29 is 46.6 Å². The van der Waals surface area contributed by atoms with Crippen LogP contribution in [0.2, 0.25) is 18.1 Å². The first-order chi connectivity index (χ1) is 28.4. The molecule has 0 saturated carbocycles. The number of benzene rings is 1. The highest BCUT2D eigenvalue weighted by atomic mass is 32.2. The van der Waals surface area contributed by atoms with Gasteiger partial charge in [0.25, 0.3) is 11.1 Å². The second kappa shape index (κ2) is 19.1. The first-order valence-corrected chi connectivity index (χ1v) is 25.5. The molecular weight excluding hydrogens is 858 g/mol. The number of thiocarbonyl (C=S) groups is 1. The summed E-state index contributed by atoms with van der Waals surface area (Å²) >= 11 is 6.97. The van der Waals surface area contributed by atoms with E-state index in [9.17, 15) is 23.8 Å². The summed E-state index contributed by atoms with van der Waals surface area (Å²) in [5, 5.41) is -0.275. The van der Waals surface area contributed by atoms with Crippen LogP contribution in [-0.4, -0.2) is 110 Å². The van der Waals surface area contributed by atoms with Gasteiger partial charge in [-0.15, -0.1) is 0 Å². The SMILES string of the molecule is CCN(CC)C(=S)SC[C@H]1O[C@@H]2[C@@H](Oc3nc(=O)ccn32)[C@@H]1OP(=O)(O)OC[C@H]1O[C@@H](n2ccc(=O)n(COCc3ccccc3)c2=O)[C@H](OC)[C@@H]1O[Si](C)(C)C(C)(C)C. The molecule has 3 aromatic rings. The number of thioether (sulfide) groups is 1. The summed E-state index contributed by atoms with van der Waals surface area (Å²) in [5.74, 6) is 0.249. The lowest BCUT2D eigenvalue weighted by atomic mass is 10.1. The fraction of sp³-hybridized carbons (Fsp3) is 0.605. The van der Waals surface area contributed by atoms with E-state index >= 15 is 0 Å². The second-order valence-corrected chi connectivity index (χ2v) is 23.8. The highest BCUT2D eigenvalue weighted by Gasteiger charge is 2.56. The van der Waals surface area contributed by atoms with Crippen molar-refractivity contribution in [2.24, 2.45) is 0 Å². The number of nitrogens with zero attached hydrogens (tertiary/aromatic N) is 5. The maximum absolute atomic E-state index is 14.0. The van der Waals surface area contributed by atoms with E-state index in [1.165, 1.54) is 52.5 Å². The zero-order valence-corrected chi connectivity index (χ0v) is 38.4. The minimum atomic E-state index is -4.96. The molecule has 1 unspecified atom stereocenters. The lowest BCUT2D eigenvalue weighted by Gasteiger charge is -2.40. The van der Waals surface area contributed by atoms with Crippen LogP contribution >= 0.6 is 31.8 Å². The summed E-state index contributed by atoms with van der Waals surface area (Å²) in [6.07, 6.45) is -4.99. The van der Waals surface area contributed by atoms with Gasteiger partial charge in [0.2, 0.25) is 0 Å². The number of phosphoric acid groups is 1. The van der Waals surface area contributed by atoms with E-state index in [1.54, 1.807) is 0 Å². The predicted molar refractivity (Wildman–Crippen MR) is 228 cm³/mol. The summed E-state index contributed by atoms with van der Waals surface area (Å²) < 4.78 is 67.2. The number of methoxy groups -OCH3 is 1. The van der Waals surface area contributed by atoms with E-state index in [-0.39, 0.29) is 30.1 Å². The molecule has 2 saturated heterocycles. The molecule has 3 aliphatic heterocycles. The Hall–Kier alpha value is -3.05. The molecular formula is C38H54N5O13PS2Si. The van der Waals surface area contributed by atoms with E-state index in [0.717, 1.165) is 10.1 Å². The number of ether oxygens (including phenoxy) is 5. The van der Waals surface area contributed by atoms with Crippen molar-refractivity contribution in [3.05, 3.63) is 91.6 Å². The molecule has 0 spiro atoms. The number of aromatic nitrogens is 4. The van der Waals surface area contributed by atoms with Gasteiger partial charge in [0.1, 0.15) is 41.6 Å². The highest BCUT2D eigenvalue weighted by molar-refractivity contribution is 8.22. The maximum Gasteiger partial charge on any atom is 0.472 e. The minimum Gasteiger partial charge on any atom is -0.453 e. The molecule has 2 aromatic heterocycles. The Bertz CT molecular complexity index is 2200. The molecule has 22 heteroatoms. The van der Waals surface area contributed by atoms with Gasteiger partial charge in [0, 0.05) is 50.5 Å². The topological polar surface area (TPSA) is 193 Å². The maximum atomic E-state index is 14.0. The van der Waals surface area contributed by atoms with E-state index in [1.807, 2.05) is 62.2 Å². The Kier molecular flexibility index (Phi) is 14.8. The minimum absolute atomic E-state index is 0.0180. The normalized spacial score (nSPS) is 26.0. The van der Waals surface area contributed by atoms with Gasteiger partial charge in [0.15, 0.2) is 26.9 Å². The quantitative estimate of drug-likeness (QED) is 0.115. The van der Waals surface area contributed by atoms with Crippen molar-refractivity contribution in [1.29, 1.82) is 0 Å². The number of fused-ring (bicyclic) bond motifs is 3. The average Bonchev–Trinajstić information content (AvgIpc) is 3.83. The van der Waals surface area contributed by atoms with Gasteiger partial charge >= 0.3 is 19.5 Å². The zero-order chi connectivity index (χ0) is 43.6. The molecule has 0 radical (unpaired) electrons. The van der Waals surface area contributed by atoms with Crippen molar-refractivity contribution in [3.63, 3.8) is 0 Å². The van der Waals surface area contributed by atoms with E-state index in [2.05, 4.69) is 25.8 Å². The zero-order valence-electron chi connectivity index (χ0n) is 34.9. The van der Waals surface area contributed by atoms with Crippen molar-refractivity contribution in [1.82, 2.24) is 23.6 Å². The summed E-state index contributed by atoms with van der Waals surface area (Å²) in [4.78, 5) is 56.2. The lowest BCUT2D eigenvalue weighted by molar-refractivity contribution is -0.0659. The standard InChI is InChI=1S/C38H54N5O13PS2Si/c1-9-40(10-2)37(58)59-22-26-29(32-34(53-26)41-18-16-27(44)39-35(41)54-32)55-57(47,48)51-21-25-30(56-60(7,8)38(3,4)5)31(49-6)33(52-25)42-19-17-28(45)43(36(42)46)23-50-20-24-14-12-11-13-15-24/h11-19,25-26,29-34H,9-10,20-23H2,1-8H3,(H,47,48)/t25-,26-,29-,30-,31-,32+,33-,34-/m1/s1. The molecule has 330 valence electrons. The Morgan fingerprint density at radius 3 is 2.33 bits per heavy atom. The van der Waals surface area contributed by atoms with Gasteiger partial charge in [-0.25, -0.2) is 13.9 Å². The molecule has 9 atom stereocenters. The van der Waals surface area contributed by atoms with Gasteiger partial charge in [-0.05, 0) is 37.5 Å². The first-order valence-electron chi connectivity index (χ1n) is 19.7. The molecule has 1 aromatic carbocycles. The summed E-state index contributed by atoms with van der Waals surface area (Å²) in [5.41, 5.74) is -0.962. The molecule has 1 N–H and O–H groups in total. The number of phosphoric ester groups is 1. The second-order valence-electron chi connectivity index (χ2n) is 16.0. The van der Waals surface area contributed by atoms with Crippen LogP contribution in [-0.2, 0) is 50.3 Å². The summed E-state index contributed by atoms with van der Waals surface area (Å²) in [6, 6.07) is 11.8. The van der Waals surface area contributed by atoms with Crippen molar-refractivity contribution in [3.8, 4) is 6.01 Å². The smallest absolute Gasteiger partial charge is 0.453 e. The van der Waals surface area contributed by atoms with Crippen molar-refractivity contribution >= 4 is 44.4 Å². The van der Waals surface area contributed by atoms with E-state index < -0.39 is 88.6 Å². The lowest BCUT2D eigenvalue weighted by Crippen LogP contribution is -2.50. The molecule has 60 heavy (non-hydrogen) atoms. The Morgan fingerprint density at radius 2 is 1.67 bits per heavy atom. The monoisotopic (exact) mass is 911 g/mol. The third-order valence-electron chi connectivity index (χ3n) is 11.2. The highest BCUT2D eigenvalue weighted by Crippen LogP contribution is 2.52. The fourth-order valence-corrected chi connectivity index (χ4v) is 10.6. The van der Waals surface area contributed by atoms with Crippen LogP contribution in [0, 0.1) is 0 Å². The number of rotatable bonds is 17. The summed E-state index contributed by atoms with van der Waals surface area (Å²) in [7, 11) is -6.11. The van der Waals surface area contributed by atoms with Crippen molar-refractivity contribution in [2.75, 3.05) is 32.6 Å². The van der Waals surface area contributed by atoms with Gasteiger partial charge in [-0.1, -0.05) is 75.1 Å². The largest absolute Gasteiger partial charge is 0.472 e. The molecule has 0 amide bonds. The van der Waals surface area contributed by atoms with Crippen molar-refractivity contribution in [2.45, 2.75) is 115 Å². The third-order valence-corrected chi connectivity index (χ3v) is 18.2. The van der Waals surface area contributed by atoms with Crippen LogP contribution < -0.4 is 21.5 Å². The van der Waals surface area contributed by atoms with Crippen LogP contribution in [0.4, 0.5) is 0 Å². The predicted octanol–water partition coefficient (Wildman–Crippen LogP) is 4.26. The van der Waals surface area contributed by atoms with Gasteiger partial charge < -0.3 is 37.9 Å². The van der Waals surface area contributed by atoms with Crippen LogP contribution in [0.3, 0.4) is 0 Å². The van der Waals surface area contributed by atoms with Gasteiger partial charge in [-0.3, -0.25) is 27.8 Å². The third kappa shape index (κ3) is 10.2. The Morgan fingerprint density at radius 1 is 0.983 bits per heavy atom. The van der Waals surface area contributed by atoms with E-state index in [4.69, 9.17) is 49.4 Å². The van der Waals surface area contributed by atoms with Crippen LogP contribution in [0.5, 0.6) is 6.01 Å². The Labute approximate surface area is 358 Å². The Balaban J connectivity index is 1.23. The fourth-order valence-electron chi connectivity index (χ4n) is 6.85. The summed E-state index contributed by atoms with van der Waals surface area (Å²) in [6.45, 7) is 14.9. The van der Waals surface area contributed by atoms with Crippen LogP contribution in [0.25, 0.3) is 0 Å². The molecule has 5 heterocycles.